The van der Waals surface area contributed by atoms with Crippen molar-refractivity contribution in [3.8, 4) is 0 Å². The molecule has 0 aliphatic carbocycles. The van der Waals surface area contributed by atoms with Crippen molar-refractivity contribution in [3.05, 3.63) is 18.5 Å². The zero-order valence-corrected chi connectivity index (χ0v) is 9.79. The Bertz CT molecular complexity index is 342. The van der Waals surface area contributed by atoms with Gasteiger partial charge in [-0.2, -0.15) is 0 Å². The lowest BCUT2D eigenvalue weighted by atomic mass is 10.4. The van der Waals surface area contributed by atoms with Gasteiger partial charge in [-0.25, -0.2) is 0 Å². The quantitative estimate of drug-likeness (QED) is 0.822. The van der Waals surface area contributed by atoms with Gasteiger partial charge in [-0.15, -0.1) is 0 Å². The van der Waals surface area contributed by atoms with E-state index in [0.717, 1.165) is 0 Å². The fourth-order valence-electron chi connectivity index (χ4n) is 1.07. The number of nitrogens with zero attached hydrogens (tertiary/aromatic N) is 1. The molecule has 1 aromatic rings. The van der Waals surface area contributed by atoms with Crippen LogP contribution in [0.1, 0.15) is 13.8 Å². The number of hydrogen-bond donors (Lipinski definition) is 1. The number of hydrogen-bond acceptors (Lipinski definition) is 4. The maximum absolute atomic E-state index is 11.8. The second-order valence-electron chi connectivity index (χ2n) is 3.38. The Morgan fingerprint density at radius 2 is 2.33 bits per heavy atom. The molecule has 0 bridgehead atoms. The van der Waals surface area contributed by atoms with E-state index in [1.165, 1.54) is 6.20 Å². The van der Waals surface area contributed by atoms with E-state index < -0.39 is 10.8 Å². The third kappa shape index (κ3) is 3.97. The summed E-state index contributed by atoms with van der Waals surface area (Å²) in [6.07, 6.45) is 3.26. The normalized spacial score (nSPS) is 13.0. The molecule has 84 valence electrons. The summed E-state index contributed by atoms with van der Waals surface area (Å²) in [4.78, 5) is 4.48. The van der Waals surface area contributed by atoms with E-state index in [2.05, 4.69) is 4.98 Å². The molecule has 0 fully saturated rings. The third-order valence-electron chi connectivity index (χ3n) is 1.78. The van der Waals surface area contributed by atoms with E-state index in [9.17, 15) is 4.21 Å². The average Bonchev–Trinajstić information content (AvgIpc) is 2.17. The lowest BCUT2D eigenvalue weighted by Gasteiger charge is -2.08. The minimum Gasteiger partial charge on any atom is -0.396 e. The summed E-state index contributed by atoms with van der Waals surface area (Å²) in [7, 11) is -1.10. The number of aromatic nitrogens is 1. The third-order valence-corrected chi connectivity index (χ3v) is 3.18. The lowest BCUT2D eigenvalue weighted by molar-refractivity contribution is 0.0916. The second kappa shape index (κ2) is 5.82. The Labute approximate surface area is 92.3 Å². The molecular formula is C10H16N2O2S. The van der Waals surface area contributed by atoms with Crippen LogP contribution in [0.3, 0.4) is 0 Å². The summed E-state index contributed by atoms with van der Waals surface area (Å²) in [5, 5.41) is 0. The zero-order valence-electron chi connectivity index (χ0n) is 8.97. The minimum absolute atomic E-state index is 0.164. The van der Waals surface area contributed by atoms with Gasteiger partial charge in [0.15, 0.2) is 0 Å². The van der Waals surface area contributed by atoms with Gasteiger partial charge in [-0.1, -0.05) is 0 Å². The number of ether oxygens (including phenoxy) is 1. The SMILES string of the molecule is CC(C)OCCS(=O)c1ccncc1N. The van der Waals surface area contributed by atoms with Gasteiger partial charge >= 0.3 is 0 Å². The predicted octanol–water partition coefficient (Wildman–Crippen LogP) is 1.20. The number of anilines is 1. The molecule has 0 aliphatic rings. The smallest absolute Gasteiger partial charge is 0.0664 e. The predicted molar refractivity (Wildman–Crippen MR) is 61.0 cm³/mol. The van der Waals surface area contributed by atoms with Crippen LogP contribution in [0.25, 0.3) is 0 Å². The Morgan fingerprint density at radius 1 is 1.60 bits per heavy atom. The molecule has 5 heteroatoms. The van der Waals surface area contributed by atoms with Crippen molar-refractivity contribution in [1.82, 2.24) is 4.98 Å². The van der Waals surface area contributed by atoms with Crippen LogP contribution < -0.4 is 5.73 Å². The molecule has 2 N–H and O–H groups in total. The molecule has 0 aromatic carbocycles. The Kier molecular flexibility index (Phi) is 4.71. The highest BCUT2D eigenvalue weighted by atomic mass is 32.2. The molecule has 0 saturated carbocycles. The summed E-state index contributed by atoms with van der Waals surface area (Å²) >= 11 is 0. The Balaban J connectivity index is 2.51. The highest BCUT2D eigenvalue weighted by molar-refractivity contribution is 7.85. The van der Waals surface area contributed by atoms with Crippen molar-refractivity contribution < 1.29 is 8.95 Å². The van der Waals surface area contributed by atoms with Crippen molar-refractivity contribution in [2.45, 2.75) is 24.8 Å². The number of nitrogens with two attached hydrogens (primary N) is 1. The van der Waals surface area contributed by atoms with E-state index in [1.807, 2.05) is 13.8 Å². The van der Waals surface area contributed by atoms with Crippen LogP contribution >= 0.6 is 0 Å². The maximum Gasteiger partial charge on any atom is 0.0664 e. The highest BCUT2D eigenvalue weighted by Crippen LogP contribution is 2.13. The fourth-order valence-corrected chi connectivity index (χ4v) is 2.07. The second-order valence-corrected chi connectivity index (χ2v) is 4.92. The largest absolute Gasteiger partial charge is 0.396 e. The zero-order chi connectivity index (χ0) is 11.3. The molecule has 0 aliphatic heterocycles. The van der Waals surface area contributed by atoms with Crippen molar-refractivity contribution in [2.24, 2.45) is 0 Å². The molecule has 1 heterocycles. The van der Waals surface area contributed by atoms with Crippen LogP contribution in [0.4, 0.5) is 5.69 Å². The highest BCUT2D eigenvalue weighted by Gasteiger charge is 2.07. The van der Waals surface area contributed by atoms with Crippen molar-refractivity contribution >= 4 is 16.5 Å². The summed E-state index contributed by atoms with van der Waals surface area (Å²) < 4.78 is 17.1. The van der Waals surface area contributed by atoms with Gasteiger partial charge in [0.05, 0.1) is 46.0 Å². The monoisotopic (exact) mass is 228 g/mol. The van der Waals surface area contributed by atoms with E-state index in [0.29, 0.717) is 22.9 Å². The topological polar surface area (TPSA) is 65.2 Å². The summed E-state index contributed by atoms with van der Waals surface area (Å²) in [5.74, 6) is 0.465. The Hall–Kier alpha value is -0.940. The number of pyridine rings is 1. The average molecular weight is 228 g/mol. The van der Waals surface area contributed by atoms with Crippen LogP contribution in [0.5, 0.6) is 0 Å². The molecule has 0 saturated heterocycles. The van der Waals surface area contributed by atoms with E-state index in [4.69, 9.17) is 10.5 Å². The molecule has 1 unspecified atom stereocenters. The molecule has 1 aromatic heterocycles. The number of nitrogen functional groups attached to an aromatic ring is 1. The van der Waals surface area contributed by atoms with Gasteiger partial charge in [0.25, 0.3) is 0 Å². The molecule has 0 amide bonds. The molecule has 0 radical (unpaired) electrons. The van der Waals surface area contributed by atoms with Crippen LogP contribution in [0, 0.1) is 0 Å². The summed E-state index contributed by atoms with van der Waals surface area (Å²) in [5.41, 5.74) is 6.13. The van der Waals surface area contributed by atoms with Crippen LogP contribution in [0.15, 0.2) is 23.4 Å². The molecule has 4 nitrogen and oxygen atoms in total. The molecule has 1 atom stereocenters. The van der Waals surface area contributed by atoms with E-state index >= 15 is 0 Å². The van der Waals surface area contributed by atoms with Gasteiger partial charge < -0.3 is 10.5 Å². The van der Waals surface area contributed by atoms with Gasteiger partial charge in [0, 0.05) is 6.20 Å². The summed E-state index contributed by atoms with van der Waals surface area (Å²) in [6.45, 7) is 4.37. The first-order valence-corrected chi connectivity index (χ1v) is 6.12. The van der Waals surface area contributed by atoms with Crippen LogP contribution in [0.2, 0.25) is 0 Å². The van der Waals surface area contributed by atoms with Crippen molar-refractivity contribution in [2.75, 3.05) is 18.1 Å². The standard InChI is InChI=1S/C10H16N2O2S/c1-8(2)14-5-6-15(13)10-3-4-12-7-9(10)11/h3-4,7-8H,5-6,11H2,1-2H3. The fraction of sp³-hybridized carbons (Fsp3) is 0.500. The van der Waals surface area contributed by atoms with Crippen molar-refractivity contribution in [3.63, 3.8) is 0 Å². The van der Waals surface area contributed by atoms with E-state index in [1.54, 1.807) is 12.3 Å². The lowest BCUT2D eigenvalue weighted by Crippen LogP contribution is -2.11. The molecule has 15 heavy (non-hydrogen) atoms. The van der Waals surface area contributed by atoms with Gasteiger partial charge in [-0.3, -0.25) is 9.19 Å². The molecule has 1 rings (SSSR count). The maximum atomic E-state index is 11.8. The minimum atomic E-state index is -1.10. The Morgan fingerprint density at radius 3 is 2.93 bits per heavy atom. The summed E-state index contributed by atoms with van der Waals surface area (Å²) in [6, 6.07) is 1.68. The van der Waals surface area contributed by atoms with Crippen molar-refractivity contribution in [1.29, 1.82) is 0 Å². The first-order valence-electron chi connectivity index (χ1n) is 4.80. The van der Waals surface area contributed by atoms with Crippen LogP contribution in [-0.2, 0) is 15.5 Å². The number of rotatable bonds is 5. The van der Waals surface area contributed by atoms with Gasteiger partial charge in [0.1, 0.15) is 0 Å². The first-order chi connectivity index (χ1) is 7.11. The van der Waals surface area contributed by atoms with Gasteiger partial charge in [0.2, 0.25) is 0 Å². The van der Waals surface area contributed by atoms with Crippen LogP contribution in [-0.4, -0.2) is 27.7 Å². The molecular weight excluding hydrogens is 212 g/mol. The van der Waals surface area contributed by atoms with Gasteiger partial charge in [-0.05, 0) is 19.9 Å². The molecule has 0 spiro atoms. The first kappa shape index (κ1) is 12.1. The van der Waals surface area contributed by atoms with E-state index in [-0.39, 0.29) is 6.10 Å².